The number of hydrogen-bond donors (Lipinski definition) is 0. The van der Waals surface area contributed by atoms with E-state index in [9.17, 15) is 13.2 Å². The molecule has 1 radical (unpaired) electrons. The van der Waals surface area contributed by atoms with E-state index < -0.39 is 0 Å². The van der Waals surface area contributed by atoms with Crippen LogP contribution in [-0.2, 0) is 20.1 Å². The fraction of sp³-hybridized carbons (Fsp3) is 0.183. The van der Waals surface area contributed by atoms with Gasteiger partial charge in [-0.15, -0.1) is 96.2 Å². The first-order valence-electron chi connectivity index (χ1n) is 22.8. The summed E-state index contributed by atoms with van der Waals surface area (Å²) in [7, 11) is 0. The summed E-state index contributed by atoms with van der Waals surface area (Å²) in [6, 6.07) is 53.7. The number of anilines is 1. The van der Waals surface area contributed by atoms with Crippen molar-refractivity contribution >= 4 is 5.82 Å². The largest absolute Gasteiger partial charge is 0.508 e. The molecule has 1 aliphatic rings. The Hall–Kier alpha value is -6.60. The van der Waals surface area contributed by atoms with Crippen LogP contribution < -0.4 is 4.90 Å². The van der Waals surface area contributed by atoms with Crippen LogP contribution in [0.1, 0.15) is 82.9 Å². The Morgan fingerprint density at radius 3 is 1.38 bits per heavy atom. The maximum absolute atomic E-state index is 13.7. The van der Waals surface area contributed by atoms with Gasteiger partial charge in [0.1, 0.15) is 0 Å². The minimum Gasteiger partial charge on any atom is -0.508 e. The first-order valence-corrected chi connectivity index (χ1v) is 22.8. The van der Waals surface area contributed by atoms with Crippen molar-refractivity contribution in [1.82, 2.24) is 14.9 Å². The molecule has 0 amide bonds. The molecule has 0 aliphatic carbocycles. The third kappa shape index (κ3) is 11.6. The third-order valence-electron chi connectivity index (χ3n) is 11.9. The summed E-state index contributed by atoms with van der Waals surface area (Å²) in [5.41, 5.74) is 14.9. The van der Waals surface area contributed by atoms with Crippen molar-refractivity contribution in [3.63, 3.8) is 0 Å². The predicted molar refractivity (Wildman–Crippen MR) is 268 cm³/mol. The number of nitrogens with zero attached hydrogens (tertiary/aromatic N) is 4. The van der Waals surface area contributed by atoms with Crippen molar-refractivity contribution in [2.24, 2.45) is 0 Å². The molecule has 0 N–H and O–H groups in total. The Morgan fingerprint density at radius 1 is 0.500 bits per heavy atom. The smallest absolute Gasteiger partial charge is 0.0949 e. The molecular weight excluding hydrogens is 1030 g/mol. The molecular formula is C60H53F3IrN4-4. The second kappa shape index (κ2) is 22.0. The van der Waals surface area contributed by atoms with Gasteiger partial charge in [0.15, 0.2) is 0 Å². The monoisotopic (exact) mass is 1080 g/mol. The Morgan fingerprint density at radius 2 is 0.956 bits per heavy atom. The van der Waals surface area contributed by atoms with Gasteiger partial charge in [-0.05, 0) is 110 Å². The molecule has 0 fully saturated rings. The van der Waals surface area contributed by atoms with Crippen molar-refractivity contribution in [2.75, 3.05) is 11.4 Å². The molecule has 9 rings (SSSR count). The number of benzene rings is 6. The number of hydrogen-bond acceptors (Lipinski definition) is 4. The molecule has 0 bridgehead atoms. The van der Waals surface area contributed by atoms with Crippen LogP contribution in [-0.4, -0.2) is 21.4 Å². The molecule has 6 aromatic carbocycles. The number of pyridine rings is 2. The van der Waals surface area contributed by atoms with Crippen LogP contribution in [0.2, 0.25) is 0 Å². The van der Waals surface area contributed by atoms with Crippen molar-refractivity contribution in [2.45, 2.75) is 66.2 Å². The van der Waals surface area contributed by atoms with Crippen LogP contribution in [0.5, 0.6) is 0 Å². The number of halogens is 3. The Labute approximate surface area is 413 Å². The average molecular weight is 1080 g/mol. The molecule has 0 unspecified atom stereocenters. The quantitative estimate of drug-likeness (QED) is 0.121. The standard InChI is InChI=1S/C31H36FN3.C29H17F2N.Ir/c1-8-34-13-14-35(19-34)30-18-25(17-29(33-30)23-9-11-26(32)12-10-23)31-27(21(4)5)15-24(20(2)3)16-28(31)22(6)7;30-26-14-10-23(11-15-26)28-18-25(19-29(32-28)24-12-16-27(31)17-13-24)22-8-6-21(7-9-22)20-4-2-1-3-5-20;/h9,11-22H,8H2,1-7H3;1-10,12,14-19H;/q2*-2;. The SMILES string of the molecule is CCN1C=CN(c2cc(-c3c(C(C)C)cc(C(C)C)cc3C(C)C)cc(-c3[c-]cc(F)cc3)n2)[CH-]1.Fc1c[c-]c(-c2cc(-c3ccc(-c4ccccc4)cc3)cc(-c3[c-]cc(F)cc3)n2)cc1.[Ir]. The van der Waals surface area contributed by atoms with Crippen LogP contribution >= 0.6 is 0 Å². The minimum absolute atomic E-state index is 0. The molecule has 1 aliphatic heterocycles. The van der Waals surface area contributed by atoms with Gasteiger partial charge in [-0.2, -0.15) is 0 Å². The van der Waals surface area contributed by atoms with Crippen molar-refractivity contribution in [3.05, 3.63) is 217 Å². The topological polar surface area (TPSA) is 32.3 Å². The van der Waals surface area contributed by atoms with Crippen LogP contribution in [0.4, 0.5) is 19.0 Å². The van der Waals surface area contributed by atoms with Gasteiger partial charge < -0.3 is 14.8 Å². The first-order chi connectivity index (χ1) is 32.3. The molecule has 0 saturated heterocycles. The third-order valence-corrected chi connectivity index (χ3v) is 11.9. The summed E-state index contributed by atoms with van der Waals surface area (Å²) < 4.78 is 40.5. The summed E-state index contributed by atoms with van der Waals surface area (Å²) in [6.07, 6.45) is 4.08. The van der Waals surface area contributed by atoms with E-state index in [0.717, 1.165) is 51.4 Å². The molecule has 2 aromatic heterocycles. The molecule has 347 valence electrons. The van der Waals surface area contributed by atoms with Crippen molar-refractivity contribution in [1.29, 1.82) is 0 Å². The van der Waals surface area contributed by atoms with Gasteiger partial charge in [-0.1, -0.05) is 133 Å². The molecule has 8 aromatic rings. The maximum Gasteiger partial charge on any atom is 0.0949 e. The van der Waals surface area contributed by atoms with Gasteiger partial charge in [-0.25, -0.2) is 0 Å². The fourth-order valence-electron chi connectivity index (χ4n) is 8.09. The molecule has 3 heterocycles. The molecule has 4 nitrogen and oxygen atoms in total. The van der Waals surface area contributed by atoms with E-state index in [1.807, 2.05) is 41.4 Å². The van der Waals surface area contributed by atoms with E-state index in [1.165, 1.54) is 58.7 Å². The second-order valence-corrected chi connectivity index (χ2v) is 17.6. The van der Waals surface area contributed by atoms with E-state index in [-0.39, 0.29) is 37.6 Å². The predicted octanol–water partition coefficient (Wildman–Crippen LogP) is 16.1. The van der Waals surface area contributed by atoms with E-state index in [2.05, 4.69) is 145 Å². The van der Waals surface area contributed by atoms with E-state index in [1.54, 1.807) is 18.2 Å². The average Bonchev–Trinajstić information content (AvgIpc) is 3.84. The zero-order valence-electron chi connectivity index (χ0n) is 39.3. The van der Waals surface area contributed by atoms with E-state index in [4.69, 9.17) is 9.97 Å². The Kier molecular flexibility index (Phi) is 16.0. The second-order valence-electron chi connectivity index (χ2n) is 17.6. The van der Waals surface area contributed by atoms with Crippen LogP contribution in [0.3, 0.4) is 0 Å². The van der Waals surface area contributed by atoms with Crippen molar-refractivity contribution < 1.29 is 33.3 Å². The fourth-order valence-corrected chi connectivity index (χ4v) is 8.09. The Bertz CT molecular complexity index is 2870. The van der Waals surface area contributed by atoms with Gasteiger partial charge in [-0.3, -0.25) is 18.2 Å². The van der Waals surface area contributed by atoms with Gasteiger partial charge in [0.2, 0.25) is 0 Å². The summed E-state index contributed by atoms with van der Waals surface area (Å²) in [5, 5.41) is 0. The van der Waals surface area contributed by atoms with Gasteiger partial charge in [0, 0.05) is 37.6 Å². The summed E-state index contributed by atoms with van der Waals surface area (Å²) in [6.45, 7) is 18.6. The zero-order valence-corrected chi connectivity index (χ0v) is 41.7. The van der Waals surface area contributed by atoms with E-state index in [0.29, 0.717) is 40.3 Å². The summed E-state index contributed by atoms with van der Waals surface area (Å²) in [5.74, 6) is 1.02. The van der Waals surface area contributed by atoms with Crippen molar-refractivity contribution in [3.8, 4) is 67.2 Å². The first kappa shape index (κ1) is 49.3. The minimum atomic E-state index is -0.353. The van der Waals surface area contributed by atoms with Gasteiger partial charge in [0.05, 0.1) is 5.82 Å². The molecule has 0 saturated carbocycles. The van der Waals surface area contributed by atoms with Gasteiger partial charge >= 0.3 is 0 Å². The maximum atomic E-state index is 13.7. The molecule has 0 atom stereocenters. The normalized spacial score (nSPS) is 12.1. The van der Waals surface area contributed by atoms with Crippen LogP contribution in [0.15, 0.2) is 158 Å². The Balaban J connectivity index is 0.000000199. The molecule has 8 heteroatoms. The number of aromatic nitrogens is 2. The van der Waals surface area contributed by atoms with Crippen LogP contribution in [0.25, 0.3) is 67.2 Å². The number of rotatable bonds is 11. The molecule has 0 spiro atoms. The molecule has 68 heavy (non-hydrogen) atoms. The van der Waals surface area contributed by atoms with Crippen LogP contribution in [0, 0.1) is 42.3 Å². The summed E-state index contributed by atoms with van der Waals surface area (Å²) in [4.78, 5) is 13.9. The van der Waals surface area contributed by atoms with E-state index >= 15 is 0 Å². The summed E-state index contributed by atoms with van der Waals surface area (Å²) >= 11 is 0. The zero-order chi connectivity index (χ0) is 47.2. The van der Waals surface area contributed by atoms with Gasteiger partial charge in [0.25, 0.3) is 0 Å².